The number of benzene rings is 2. The molecule has 126 valence electrons. The van der Waals surface area contributed by atoms with Crippen molar-refractivity contribution in [2.24, 2.45) is 0 Å². The molecular formula is C21H20N2O2. The second kappa shape index (κ2) is 6.77. The lowest BCUT2D eigenvalue weighted by Crippen LogP contribution is -2.01. The van der Waals surface area contributed by atoms with Crippen LogP contribution >= 0.6 is 0 Å². The van der Waals surface area contributed by atoms with Gasteiger partial charge in [-0.05, 0) is 19.4 Å². The van der Waals surface area contributed by atoms with Crippen molar-refractivity contribution in [3.8, 4) is 22.5 Å². The first-order chi connectivity index (χ1) is 12.0. The average molecular weight is 332 g/mol. The van der Waals surface area contributed by atoms with Crippen LogP contribution in [-0.2, 0) is 6.54 Å². The van der Waals surface area contributed by atoms with Gasteiger partial charge in [-0.3, -0.25) is 10.1 Å². The molecule has 2 aromatic carbocycles. The van der Waals surface area contributed by atoms with Crippen molar-refractivity contribution < 1.29 is 4.92 Å². The number of hydrogen-bond donors (Lipinski definition) is 0. The predicted octanol–water partition coefficient (Wildman–Crippen LogP) is 5.53. The third-order valence-corrected chi connectivity index (χ3v) is 4.26. The van der Waals surface area contributed by atoms with Crippen molar-refractivity contribution >= 4 is 5.69 Å². The van der Waals surface area contributed by atoms with E-state index in [0.29, 0.717) is 12.2 Å². The lowest BCUT2D eigenvalue weighted by Gasteiger charge is -2.11. The molecule has 0 saturated carbocycles. The molecule has 4 nitrogen and oxygen atoms in total. The smallest absolute Gasteiger partial charge is 0.295 e. The molecule has 0 N–H and O–H groups in total. The average Bonchev–Trinajstić information content (AvgIpc) is 2.96. The van der Waals surface area contributed by atoms with E-state index in [1.54, 1.807) is 12.1 Å². The van der Waals surface area contributed by atoms with Gasteiger partial charge < -0.3 is 4.57 Å². The molecule has 0 unspecified atom stereocenters. The van der Waals surface area contributed by atoms with Crippen molar-refractivity contribution in [1.82, 2.24) is 4.57 Å². The Morgan fingerprint density at radius 1 is 1.00 bits per heavy atom. The highest BCUT2D eigenvalue weighted by Crippen LogP contribution is 2.38. The Hall–Kier alpha value is -3.14. The Balaban J connectivity index is 2.28. The summed E-state index contributed by atoms with van der Waals surface area (Å²) in [7, 11) is 0. The zero-order chi connectivity index (χ0) is 18.0. The highest BCUT2D eigenvalue weighted by Gasteiger charge is 2.24. The third kappa shape index (κ3) is 3.24. The molecule has 25 heavy (non-hydrogen) atoms. The van der Waals surface area contributed by atoms with Crippen LogP contribution in [0.4, 0.5) is 5.69 Å². The number of allylic oxidation sites excluding steroid dienone is 1. The summed E-state index contributed by atoms with van der Waals surface area (Å²) in [5.74, 6) is 0. The van der Waals surface area contributed by atoms with Gasteiger partial charge in [0.15, 0.2) is 0 Å². The van der Waals surface area contributed by atoms with Gasteiger partial charge in [0.1, 0.15) is 5.69 Å². The van der Waals surface area contributed by atoms with Crippen LogP contribution < -0.4 is 0 Å². The maximum absolute atomic E-state index is 11.7. The number of hydrogen-bond acceptors (Lipinski definition) is 2. The zero-order valence-electron chi connectivity index (χ0n) is 14.4. The van der Waals surface area contributed by atoms with Crippen LogP contribution in [0.5, 0.6) is 0 Å². The molecule has 0 aliphatic carbocycles. The summed E-state index contributed by atoms with van der Waals surface area (Å²) in [6, 6.07) is 17.5. The lowest BCUT2D eigenvalue weighted by molar-refractivity contribution is -0.384. The van der Waals surface area contributed by atoms with Crippen molar-refractivity contribution in [3.05, 3.63) is 88.5 Å². The molecule has 0 radical (unpaired) electrons. The Morgan fingerprint density at radius 2 is 1.52 bits per heavy atom. The Labute approximate surface area is 147 Å². The van der Waals surface area contributed by atoms with E-state index in [2.05, 4.69) is 6.58 Å². The van der Waals surface area contributed by atoms with Crippen LogP contribution in [0.25, 0.3) is 22.5 Å². The molecule has 4 heteroatoms. The maximum Gasteiger partial charge on any atom is 0.295 e. The molecule has 0 bridgehead atoms. The predicted molar refractivity (Wildman–Crippen MR) is 102 cm³/mol. The molecule has 0 fully saturated rings. The molecule has 0 saturated heterocycles. The normalized spacial score (nSPS) is 10.6. The highest BCUT2D eigenvalue weighted by atomic mass is 16.6. The monoisotopic (exact) mass is 332 g/mol. The molecule has 3 rings (SSSR count). The fraction of sp³-hybridized carbons (Fsp3) is 0.143. The molecule has 0 aliphatic rings. The fourth-order valence-corrected chi connectivity index (χ4v) is 2.97. The summed E-state index contributed by atoms with van der Waals surface area (Å²) >= 11 is 0. The van der Waals surface area contributed by atoms with E-state index < -0.39 is 0 Å². The van der Waals surface area contributed by atoms with E-state index in [1.165, 1.54) is 0 Å². The number of nitro groups is 1. The largest absolute Gasteiger partial charge is 0.331 e. The van der Waals surface area contributed by atoms with Gasteiger partial charge in [0.05, 0.1) is 10.6 Å². The van der Waals surface area contributed by atoms with Gasteiger partial charge in [-0.1, -0.05) is 65.7 Å². The Morgan fingerprint density at radius 3 is 2.00 bits per heavy atom. The minimum atomic E-state index is -0.313. The zero-order valence-corrected chi connectivity index (χ0v) is 14.4. The van der Waals surface area contributed by atoms with Gasteiger partial charge >= 0.3 is 0 Å². The van der Waals surface area contributed by atoms with Crippen LogP contribution in [0.2, 0.25) is 0 Å². The minimum absolute atomic E-state index is 0.112. The van der Waals surface area contributed by atoms with E-state index in [1.807, 2.05) is 66.9 Å². The molecule has 3 aromatic rings. The molecule has 0 amide bonds. The van der Waals surface area contributed by atoms with E-state index >= 15 is 0 Å². The van der Waals surface area contributed by atoms with Crippen LogP contribution in [0, 0.1) is 24.0 Å². The lowest BCUT2D eigenvalue weighted by atomic mass is 10.1. The van der Waals surface area contributed by atoms with Crippen molar-refractivity contribution in [3.63, 3.8) is 0 Å². The van der Waals surface area contributed by atoms with Gasteiger partial charge in [0.25, 0.3) is 5.69 Å². The molecule has 0 aliphatic heterocycles. The standard InChI is InChI=1S/C21H20N2O2/c1-4-13-22-19(17-9-5-15(2)6-10-17)14-20(23(24)25)21(22)18-11-7-16(3)8-12-18/h4-12,14H,1,13H2,2-3H3. The van der Waals surface area contributed by atoms with E-state index in [-0.39, 0.29) is 10.6 Å². The maximum atomic E-state index is 11.7. The molecule has 0 spiro atoms. The summed E-state index contributed by atoms with van der Waals surface area (Å²) in [5, 5.41) is 11.7. The van der Waals surface area contributed by atoms with Crippen LogP contribution in [0.3, 0.4) is 0 Å². The number of aryl methyl sites for hydroxylation is 2. The van der Waals surface area contributed by atoms with Gasteiger partial charge in [0.2, 0.25) is 0 Å². The first-order valence-corrected chi connectivity index (χ1v) is 8.14. The van der Waals surface area contributed by atoms with Gasteiger partial charge in [-0.15, -0.1) is 6.58 Å². The van der Waals surface area contributed by atoms with Crippen molar-refractivity contribution in [1.29, 1.82) is 0 Å². The van der Waals surface area contributed by atoms with Gasteiger partial charge in [-0.2, -0.15) is 0 Å². The summed E-state index contributed by atoms with van der Waals surface area (Å²) in [5.41, 5.74) is 5.60. The number of aromatic nitrogens is 1. The van der Waals surface area contributed by atoms with Crippen LogP contribution in [0.15, 0.2) is 67.3 Å². The van der Waals surface area contributed by atoms with Crippen molar-refractivity contribution in [2.75, 3.05) is 0 Å². The summed E-state index contributed by atoms with van der Waals surface area (Å²) in [6.45, 7) is 8.34. The number of nitrogens with zero attached hydrogens (tertiary/aromatic N) is 2. The van der Waals surface area contributed by atoms with E-state index in [4.69, 9.17) is 0 Å². The van der Waals surface area contributed by atoms with E-state index in [0.717, 1.165) is 27.9 Å². The Kier molecular flexibility index (Phi) is 4.52. The first kappa shape index (κ1) is 16.7. The van der Waals surface area contributed by atoms with Gasteiger partial charge in [0, 0.05) is 18.2 Å². The van der Waals surface area contributed by atoms with Crippen LogP contribution in [0.1, 0.15) is 11.1 Å². The summed E-state index contributed by atoms with van der Waals surface area (Å²) in [6.07, 6.45) is 1.76. The summed E-state index contributed by atoms with van der Waals surface area (Å²) in [4.78, 5) is 11.4. The molecule has 0 atom stereocenters. The third-order valence-electron chi connectivity index (χ3n) is 4.26. The first-order valence-electron chi connectivity index (χ1n) is 8.14. The minimum Gasteiger partial charge on any atom is -0.331 e. The van der Waals surface area contributed by atoms with Crippen molar-refractivity contribution in [2.45, 2.75) is 20.4 Å². The Bertz CT molecular complexity index is 920. The number of rotatable bonds is 5. The fourth-order valence-electron chi connectivity index (χ4n) is 2.97. The van der Waals surface area contributed by atoms with E-state index in [9.17, 15) is 10.1 Å². The molecule has 1 heterocycles. The SMILES string of the molecule is C=CCn1c(-c2ccc(C)cc2)cc([N+](=O)[O-])c1-c1ccc(C)cc1. The second-order valence-electron chi connectivity index (χ2n) is 6.15. The molecule has 1 aromatic heterocycles. The van der Waals surface area contributed by atoms with Gasteiger partial charge in [-0.25, -0.2) is 0 Å². The highest BCUT2D eigenvalue weighted by molar-refractivity contribution is 5.79. The second-order valence-corrected chi connectivity index (χ2v) is 6.15. The molecular weight excluding hydrogens is 312 g/mol. The topological polar surface area (TPSA) is 48.1 Å². The summed E-state index contributed by atoms with van der Waals surface area (Å²) < 4.78 is 1.96. The van der Waals surface area contributed by atoms with Crippen LogP contribution in [-0.4, -0.2) is 9.49 Å². The quantitative estimate of drug-likeness (QED) is 0.350.